The minimum Gasteiger partial charge on any atom is -0.409 e. The van der Waals surface area contributed by atoms with E-state index in [9.17, 15) is 20.4 Å². The van der Waals surface area contributed by atoms with Gasteiger partial charge in [0.1, 0.15) is 48.8 Å². The fraction of sp³-hybridized carbons (Fsp3) is 1.00. The number of hydrogen-bond acceptors (Lipinski definition) is 11. The molecule has 2 saturated heterocycles. The van der Waals surface area contributed by atoms with Gasteiger partial charge in [-0.25, -0.2) is 0 Å². The van der Waals surface area contributed by atoms with Gasteiger partial charge in [0, 0.05) is 0 Å². The van der Waals surface area contributed by atoms with Crippen LogP contribution in [0.4, 0.5) is 0 Å². The molecular weight excluding hydrogens is 577 g/mol. The highest BCUT2D eigenvalue weighted by atomic mass is 28.4. The lowest BCUT2D eigenvalue weighted by atomic mass is 9.98. The average Bonchev–Trinajstić information content (AvgIpc) is 2.73. The van der Waals surface area contributed by atoms with Crippen LogP contribution in [-0.2, 0) is 31.9 Å². The normalized spacial score (nSPS) is 37.2. The van der Waals surface area contributed by atoms with E-state index < -0.39 is 94.7 Å². The summed E-state index contributed by atoms with van der Waals surface area (Å²) in [5.41, 5.74) is 0. The van der Waals surface area contributed by atoms with Gasteiger partial charge in [-0.3, -0.25) is 0 Å². The van der Waals surface area contributed by atoms with Gasteiger partial charge >= 0.3 is 0 Å². The van der Waals surface area contributed by atoms with Crippen LogP contribution >= 0.6 is 0 Å². The molecule has 15 heteroatoms. The van der Waals surface area contributed by atoms with Crippen molar-refractivity contribution in [2.24, 2.45) is 0 Å². The second-order valence-corrected chi connectivity index (χ2v) is 32.2. The Morgan fingerprint density at radius 3 is 0.974 bits per heavy atom. The van der Waals surface area contributed by atoms with Crippen molar-refractivity contribution in [3.63, 3.8) is 0 Å². The highest BCUT2D eigenvalue weighted by molar-refractivity contribution is 6.71. The van der Waals surface area contributed by atoms with Crippen LogP contribution in [0, 0.1) is 0 Å². The number of aliphatic hydroxyl groups is 4. The van der Waals surface area contributed by atoms with E-state index in [1.807, 2.05) is 78.6 Å². The summed E-state index contributed by atoms with van der Waals surface area (Å²) in [6, 6.07) is 0. The average molecular weight is 631 g/mol. The fourth-order valence-corrected chi connectivity index (χ4v) is 9.01. The summed E-state index contributed by atoms with van der Waals surface area (Å²) in [5.74, 6) is 0. The quantitative estimate of drug-likeness (QED) is 0.235. The third-order valence-electron chi connectivity index (χ3n) is 5.82. The van der Waals surface area contributed by atoms with E-state index in [-0.39, 0.29) is 13.2 Å². The topological polar surface area (TPSA) is 146 Å². The van der Waals surface area contributed by atoms with Crippen molar-refractivity contribution in [3.8, 4) is 0 Å². The van der Waals surface area contributed by atoms with E-state index in [0.29, 0.717) is 0 Å². The fourth-order valence-electron chi connectivity index (χ4n) is 4.63. The molecule has 2 aliphatic rings. The summed E-state index contributed by atoms with van der Waals surface area (Å²) >= 11 is 0. The molecule has 2 rings (SSSR count). The minimum atomic E-state index is -2.19. The number of ether oxygens (including phenoxy) is 3. The lowest BCUT2D eigenvalue weighted by Crippen LogP contribution is -2.67. The smallest absolute Gasteiger partial charge is 0.189 e. The van der Waals surface area contributed by atoms with Crippen LogP contribution in [-0.4, -0.2) is 128 Å². The first-order valence-corrected chi connectivity index (χ1v) is 27.4. The van der Waals surface area contributed by atoms with E-state index in [1.165, 1.54) is 0 Å². The Morgan fingerprint density at radius 1 is 0.487 bits per heavy atom. The molecule has 39 heavy (non-hydrogen) atoms. The number of aliphatic hydroxyl groups excluding tert-OH is 4. The van der Waals surface area contributed by atoms with Crippen LogP contribution in [0.2, 0.25) is 78.6 Å². The van der Waals surface area contributed by atoms with Gasteiger partial charge in [0.15, 0.2) is 45.8 Å². The first-order valence-electron chi connectivity index (χ1n) is 13.8. The van der Waals surface area contributed by atoms with E-state index in [0.717, 1.165) is 0 Å². The molecule has 2 fully saturated rings. The van der Waals surface area contributed by atoms with Crippen molar-refractivity contribution < 1.29 is 52.3 Å². The Morgan fingerprint density at radius 2 is 0.744 bits per heavy atom. The molecule has 0 aromatic rings. The molecule has 0 bridgehead atoms. The van der Waals surface area contributed by atoms with E-state index in [1.54, 1.807) is 0 Å². The Balaban J connectivity index is 2.38. The minimum absolute atomic E-state index is 0.381. The molecule has 2 aliphatic heterocycles. The SMILES string of the molecule is C[Si](C)(C)OC1C(CO)OC(OC2OC(CO)C(O[Si](C)(C)C)C(O[Si](C)(C)C)C2O)C(O)C1O[Si](C)(C)C. The van der Waals surface area contributed by atoms with Crippen molar-refractivity contribution in [2.75, 3.05) is 13.2 Å². The maximum Gasteiger partial charge on any atom is 0.189 e. The second kappa shape index (κ2) is 13.4. The summed E-state index contributed by atoms with van der Waals surface area (Å²) in [4.78, 5) is 0. The summed E-state index contributed by atoms with van der Waals surface area (Å²) < 4.78 is 43.5. The molecule has 0 spiro atoms. The van der Waals surface area contributed by atoms with Crippen LogP contribution in [0.5, 0.6) is 0 Å². The summed E-state index contributed by atoms with van der Waals surface area (Å²) in [6.45, 7) is 23.3. The molecule has 0 aromatic heterocycles. The molecule has 2 heterocycles. The molecule has 0 radical (unpaired) electrons. The lowest BCUT2D eigenvalue weighted by molar-refractivity contribution is -0.372. The standard InChI is InChI=1S/C24H54O11Si4/c1-36(2,3)32-19-15(13-25)29-23(17(27)21(19)34-38(7,8)9)31-24-18(28)22(35-39(10,11)12)20(16(14-26)30-24)33-37(4,5)6/h15-28H,13-14H2,1-12H3. The van der Waals surface area contributed by atoms with Gasteiger partial charge in [-0.2, -0.15) is 0 Å². The molecule has 0 aliphatic carbocycles. The predicted molar refractivity (Wildman–Crippen MR) is 157 cm³/mol. The zero-order valence-corrected chi connectivity index (χ0v) is 29.8. The maximum atomic E-state index is 11.4. The third kappa shape index (κ3) is 10.9. The van der Waals surface area contributed by atoms with E-state index in [2.05, 4.69) is 0 Å². The van der Waals surface area contributed by atoms with Crippen LogP contribution < -0.4 is 0 Å². The van der Waals surface area contributed by atoms with Crippen LogP contribution in [0.25, 0.3) is 0 Å². The lowest BCUT2D eigenvalue weighted by Gasteiger charge is -2.50. The van der Waals surface area contributed by atoms with Crippen molar-refractivity contribution in [2.45, 2.75) is 140 Å². The molecular formula is C24H54O11Si4. The molecule has 10 unspecified atom stereocenters. The highest BCUT2D eigenvalue weighted by Gasteiger charge is 2.54. The molecule has 0 saturated carbocycles. The Hall–Kier alpha value is 0.428. The predicted octanol–water partition coefficient (Wildman–Crippen LogP) is 2.04. The summed E-state index contributed by atoms with van der Waals surface area (Å²) in [7, 11) is -8.62. The van der Waals surface area contributed by atoms with Crippen molar-refractivity contribution in [1.29, 1.82) is 0 Å². The van der Waals surface area contributed by atoms with E-state index >= 15 is 0 Å². The number of hydrogen-bond donors (Lipinski definition) is 4. The van der Waals surface area contributed by atoms with E-state index in [4.69, 9.17) is 31.9 Å². The monoisotopic (exact) mass is 630 g/mol. The first kappa shape index (κ1) is 35.6. The van der Waals surface area contributed by atoms with Crippen LogP contribution in [0.15, 0.2) is 0 Å². The van der Waals surface area contributed by atoms with Gasteiger partial charge in [0.25, 0.3) is 0 Å². The second-order valence-electron chi connectivity index (χ2n) is 14.3. The van der Waals surface area contributed by atoms with Gasteiger partial charge < -0.3 is 52.3 Å². The van der Waals surface area contributed by atoms with Gasteiger partial charge in [-0.05, 0) is 78.6 Å². The van der Waals surface area contributed by atoms with Gasteiger partial charge in [-0.15, -0.1) is 0 Å². The summed E-state index contributed by atoms with van der Waals surface area (Å²) in [6.07, 6.45) is -9.93. The molecule has 0 aromatic carbocycles. The Labute approximate surface area is 238 Å². The van der Waals surface area contributed by atoms with Gasteiger partial charge in [0.05, 0.1) is 13.2 Å². The number of rotatable bonds is 12. The summed E-state index contributed by atoms with van der Waals surface area (Å²) in [5, 5.41) is 43.3. The molecule has 11 nitrogen and oxygen atoms in total. The van der Waals surface area contributed by atoms with Crippen molar-refractivity contribution >= 4 is 33.3 Å². The van der Waals surface area contributed by atoms with Crippen molar-refractivity contribution in [1.82, 2.24) is 0 Å². The van der Waals surface area contributed by atoms with Crippen LogP contribution in [0.1, 0.15) is 0 Å². The highest BCUT2D eigenvalue weighted by Crippen LogP contribution is 2.35. The maximum absolute atomic E-state index is 11.4. The third-order valence-corrected chi connectivity index (χ3v) is 9.73. The van der Waals surface area contributed by atoms with Gasteiger partial charge in [-0.1, -0.05) is 0 Å². The first-order chi connectivity index (χ1) is 17.5. The largest absolute Gasteiger partial charge is 0.409 e. The molecule has 4 N–H and O–H groups in total. The molecule has 10 atom stereocenters. The Kier molecular flexibility index (Phi) is 12.2. The zero-order valence-electron chi connectivity index (χ0n) is 25.8. The van der Waals surface area contributed by atoms with Crippen molar-refractivity contribution in [3.05, 3.63) is 0 Å². The van der Waals surface area contributed by atoms with Gasteiger partial charge in [0.2, 0.25) is 0 Å². The zero-order chi connectivity index (χ0) is 30.1. The molecule has 0 amide bonds. The Bertz CT molecular complexity index is 703. The molecule has 232 valence electrons. The van der Waals surface area contributed by atoms with Crippen LogP contribution in [0.3, 0.4) is 0 Å².